The molecule has 92 valence electrons. The van der Waals surface area contributed by atoms with Gasteiger partial charge in [0.1, 0.15) is 16.5 Å². The Kier molecular flexibility index (Phi) is 3.47. The zero-order valence-electron chi connectivity index (χ0n) is 10.1. The second kappa shape index (κ2) is 5.05. The molecule has 0 aliphatic rings. The summed E-state index contributed by atoms with van der Waals surface area (Å²) in [5.74, 6) is 0.628. The summed E-state index contributed by atoms with van der Waals surface area (Å²) >= 11 is 4.82. The van der Waals surface area contributed by atoms with Crippen LogP contribution in [0.3, 0.4) is 0 Å². The molecular weight excluding hydrogens is 246 g/mol. The van der Waals surface area contributed by atoms with E-state index < -0.39 is 0 Å². The molecule has 0 saturated heterocycles. The highest BCUT2D eigenvalue weighted by molar-refractivity contribution is 7.80. The van der Waals surface area contributed by atoms with Crippen molar-refractivity contribution in [1.82, 2.24) is 15.0 Å². The molecule has 0 aliphatic carbocycles. The van der Waals surface area contributed by atoms with E-state index in [1.807, 2.05) is 26.0 Å². The van der Waals surface area contributed by atoms with Gasteiger partial charge in [-0.3, -0.25) is 4.98 Å². The monoisotopic (exact) mass is 259 g/mol. The van der Waals surface area contributed by atoms with Gasteiger partial charge in [0, 0.05) is 5.69 Å². The second-order valence-corrected chi connectivity index (χ2v) is 4.30. The van der Waals surface area contributed by atoms with Crippen molar-refractivity contribution in [3.63, 3.8) is 0 Å². The fourth-order valence-corrected chi connectivity index (χ4v) is 1.58. The minimum atomic E-state index is 0.238. The minimum Gasteiger partial charge on any atom is -0.388 e. The van der Waals surface area contributed by atoms with Crippen LogP contribution in [0.2, 0.25) is 0 Å². The van der Waals surface area contributed by atoms with E-state index in [1.165, 1.54) is 0 Å². The molecule has 18 heavy (non-hydrogen) atoms. The molecule has 0 saturated carbocycles. The topological polar surface area (TPSA) is 76.7 Å². The van der Waals surface area contributed by atoms with Crippen LogP contribution in [0.15, 0.2) is 24.5 Å². The summed E-state index contributed by atoms with van der Waals surface area (Å²) in [5.41, 5.74) is 8.76. The normalized spacial score (nSPS) is 10.1. The van der Waals surface area contributed by atoms with Crippen molar-refractivity contribution in [3.8, 4) is 0 Å². The maximum Gasteiger partial charge on any atom is 0.148 e. The number of anilines is 2. The van der Waals surface area contributed by atoms with Gasteiger partial charge in [0.25, 0.3) is 0 Å². The Hall–Kier alpha value is -2.08. The molecular formula is C12H13N5S. The molecule has 0 aromatic carbocycles. The van der Waals surface area contributed by atoms with Crippen LogP contribution in [0, 0.1) is 13.8 Å². The van der Waals surface area contributed by atoms with Crippen LogP contribution in [0.4, 0.5) is 11.5 Å². The molecule has 3 N–H and O–H groups in total. The van der Waals surface area contributed by atoms with E-state index in [0.717, 1.165) is 17.1 Å². The average molecular weight is 259 g/mol. The molecule has 5 nitrogen and oxygen atoms in total. The number of nitrogens with zero attached hydrogens (tertiary/aromatic N) is 3. The Bertz CT molecular complexity index is 580. The summed E-state index contributed by atoms with van der Waals surface area (Å²) < 4.78 is 0. The molecule has 0 radical (unpaired) electrons. The summed E-state index contributed by atoms with van der Waals surface area (Å²) in [6.07, 6.45) is 3.13. The van der Waals surface area contributed by atoms with Crippen LogP contribution in [0.1, 0.15) is 17.1 Å². The zero-order chi connectivity index (χ0) is 13.1. The van der Waals surface area contributed by atoms with E-state index in [2.05, 4.69) is 20.3 Å². The van der Waals surface area contributed by atoms with Gasteiger partial charge in [-0.15, -0.1) is 0 Å². The first kappa shape index (κ1) is 12.4. The van der Waals surface area contributed by atoms with E-state index in [1.54, 1.807) is 12.4 Å². The Morgan fingerprint density at radius 3 is 2.56 bits per heavy atom. The van der Waals surface area contributed by atoms with E-state index in [0.29, 0.717) is 11.5 Å². The summed E-state index contributed by atoms with van der Waals surface area (Å²) in [6, 6.07) is 3.90. The number of aryl methyl sites for hydroxylation is 2. The van der Waals surface area contributed by atoms with Crippen molar-refractivity contribution in [2.24, 2.45) is 5.73 Å². The van der Waals surface area contributed by atoms with Crippen LogP contribution in [-0.2, 0) is 0 Å². The fraction of sp³-hybridized carbons (Fsp3) is 0.167. The number of nitrogens with one attached hydrogen (secondary N) is 1. The van der Waals surface area contributed by atoms with Gasteiger partial charge in [-0.25, -0.2) is 9.97 Å². The first-order chi connectivity index (χ1) is 8.56. The average Bonchev–Trinajstić information content (AvgIpc) is 2.33. The number of thiocarbonyl (C=S) groups is 1. The van der Waals surface area contributed by atoms with Gasteiger partial charge in [-0.1, -0.05) is 12.2 Å². The smallest absolute Gasteiger partial charge is 0.148 e. The lowest BCUT2D eigenvalue weighted by Gasteiger charge is -2.08. The molecule has 0 amide bonds. The number of pyridine rings is 1. The summed E-state index contributed by atoms with van der Waals surface area (Å²) in [5, 5.41) is 3.15. The predicted octanol–water partition coefficient (Wildman–Crippen LogP) is 1.87. The van der Waals surface area contributed by atoms with E-state index in [-0.39, 0.29) is 4.99 Å². The Morgan fingerprint density at radius 2 is 2.00 bits per heavy atom. The van der Waals surface area contributed by atoms with Crippen LogP contribution in [0.25, 0.3) is 0 Å². The van der Waals surface area contributed by atoms with Gasteiger partial charge in [0.2, 0.25) is 0 Å². The number of aromatic nitrogens is 3. The third kappa shape index (κ3) is 2.78. The Balaban J connectivity index is 2.21. The van der Waals surface area contributed by atoms with Crippen LogP contribution >= 0.6 is 12.2 Å². The number of hydrogen-bond donors (Lipinski definition) is 2. The molecule has 0 bridgehead atoms. The maximum absolute atomic E-state index is 5.46. The largest absolute Gasteiger partial charge is 0.388 e. The molecule has 0 atom stereocenters. The quantitative estimate of drug-likeness (QED) is 0.819. The summed E-state index contributed by atoms with van der Waals surface area (Å²) in [6.45, 7) is 3.89. The number of nitrogens with two attached hydrogens (primary N) is 1. The molecule has 2 aromatic rings. The lowest BCUT2D eigenvalue weighted by Crippen LogP contribution is -2.12. The van der Waals surface area contributed by atoms with Crippen molar-refractivity contribution in [3.05, 3.63) is 41.6 Å². The molecule has 0 fully saturated rings. The van der Waals surface area contributed by atoms with Gasteiger partial charge in [-0.2, -0.15) is 0 Å². The third-order valence-electron chi connectivity index (χ3n) is 2.39. The van der Waals surface area contributed by atoms with Gasteiger partial charge < -0.3 is 11.1 Å². The van der Waals surface area contributed by atoms with Crippen LogP contribution < -0.4 is 11.1 Å². The molecule has 2 heterocycles. The number of hydrogen-bond acceptors (Lipinski definition) is 5. The van der Waals surface area contributed by atoms with Gasteiger partial charge in [-0.05, 0) is 26.0 Å². The molecule has 0 aliphatic heterocycles. The molecule has 0 spiro atoms. The lowest BCUT2D eigenvalue weighted by molar-refractivity contribution is 1.11. The van der Waals surface area contributed by atoms with E-state index in [9.17, 15) is 0 Å². The van der Waals surface area contributed by atoms with Crippen molar-refractivity contribution in [2.75, 3.05) is 5.32 Å². The molecule has 2 rings (SSSR count). The third-order valence-corrected chi connectivity index (χ3v) is 2.60. The van der Waals surface area contributed by atoms with Crippen molar-refractivity contribution in [1.29, 1.82) is 0 Å². The minimum absolute atomic E-state index is 0.238. The van der Waals surface area contributed by atoms with Crippen molar-refractivity contribution in [2.45, 2.75) is 13.8 Å². The number of rotatable bonds is 3. The first-order valence-corrected chi connectivity index (χ1v) is 5.80. The molecule has 6 heteroatoms. The van der Waals surface area contributed by atoms with Crippen molar-refractivity contribution < 1.29 is 0 Å². The highest BCUT2D eigenvalue weighted by atomic mass is 32.1. The summed E-state index contributed by atoms with van der Waals surface area (Å²) in [7, 11) is 0. The standard InChI is InChI=1S/C12H13N5S/c1-7-3-4-9(8(2)16-7)17-11-6-14-10(5-15-11)12(13)18/h3-6H,1-2H3,(H2,13,18)(H,15,17). The van der Waals surface area contributed by atoms with Gasteiger partial charge in [0.05, 0.1) is 23.8 Å². The Morgan fingerprint density at radius 1 is 1.22 bits per heavy atom. The zero-order valence-corrected chi connectivity index (χ0v) is 11.0. The van der Waals surface area contributed by atoms with Gasteiger partial charge >= 0.3 is 0 Å². The highest BCUT2D eigenvalue weighted by Crippen LogP contribution is 2.17. The summed E-state index contributed by atoms with van der Waals surface area (Å²) in [4.78, 5) is 12.9. The van der Waals surface area contributed by atoms with E-state index >= 15 is 0 Å². The fourth-order valence-electron chi connectivity index (χ4n) is 1.48. The predicted molar refractivity (Wildman–Crippen MR) is 74.9 cm³/mol. The molecule has 2 aromatic heterocycles. The van der Waals surface area contributed by atoms with E-state index in [4.69, 9.17) is 18.0 Å². The second-order valence-electron chi connectivity index (χ2n) is 3.86. The molecule has 0 unspecified atom stereocenters. The Labute approximate surface area is 110 Å². The lowest BCUT2D eigenvalue weighted by atomic mass is 10.3. The van der Waals surface area contributed by atoms with Gasteiger partial charge in [0.15, 0.2) is 0 Å². The van der Waals surface area contributed by atoms with Crippen molar-refractivity contribution >= 4 is 28.7 Å². The first-order valence-electron chi connectivity index (χ1n) is 5.39. The highest BCUT2D eigenvalue weighted by Gasteiger charge is 2.03. The SMILES string of the molecule is Cc1ccc(Nc2cnc(C(N)=S)cn2)c(C)n1. The van der Waals surface area contributed by atoms with Crippen LogP contribution in [-0.4, -0.2) is 19.9 Å². The maximum atomic E-state index is 5.46. The van der Waals surface area contributed by atoms with Crippen LogP contribution in [0.5, 0.6) is 0 Å².